The third-order valence-corrected chi connectivity index (χ3v) is 7.44. The summed E-state index contributed by atoms with van der Waals surface area (Å²) in [7, 11) is 0. The van der Waals surface area contributed by atoms with Crippen LogP contribution < -0.4 is 42.4 Å². The standard InChI is InChI=1S/C20H14I2/c1-3-7-17(8-4-1)15-16-21-18-11-13-20(14-12-18)22-19-9-5-2-6-10-19/h1-14H/q+2. The van der Waals surface area contributed by atoms with Gasteiger partial charge >= 0.3 is 42.4 Å². The lowest BCUT2D eigenvalue weighted by Crippen LogP contribution is -3.61. The van der Waals surface area contributed by atoms with Crippen molar-refractivity contribution >= 4 is 0 Å². The van der Waals surface area contributed by atoms with E-state index >= 15 is 0 Å². The molecule has 3 aromatic rings. The summed E-state index contributed by atoms with van der Waals surface area (Å²) in [6.07, 6.45) is 0. The van der Waals surface area contributed by atoms with Gasteiger partial charge in [0.25, 0.3) is 0 Å². The molecular formula is C20H14I2+2. The molecule has 22 heavy (non-hydrogen) atoms. The van der Waals surface area contributed by atoms with Gasteiger partial charge in [0.1, 0.15) is 0 Å². The summed E-state index contributed by atoms with van der Waals surface area (Å²) in [5.74, 6) is 3.25. The summed E-state index contributed by atoms with van der Waals surface area (Å²) in [4.78, 5) is 0. The van der Waals surface area contributed by atoms with E-state index in [0.717, 1.165) is 5.56 Å². The first-order chi connectivity index (χ1) is 10.9. The van der Waals surface area contributed by atoms with Gasteiger partial charge in [0, 0.05) is 5.56 Å². The molecule has 2 heteroatoms. The van der Waals surface area contributed by atoms with Crippen LogP contribution in [0.15, 0.2) is 84.9 Å². The zero-order chi connectivity index (χ0) is 15.0. The molecule has 0 heterocycles. The van der Waals surface area contributed by atoms with E-state index in [1.807, 2.05) is 18.2 Å². The van der Waals surface area contributed by atoms with E-state index in [1.54, 1.807) is 0 Å². The molecule has 0 atom stereocenters. The fourth-order valence-corrected chi connectivity index (χ4v) is 5.50. The van der Waals surface area contributed by atoms with Crippen LogP contribution in [0.3, 0.4) is 0 Å². The van der Waals surface area contributed by atoms with Crippen LogP contribution in [0.5, 0.6) is 0 Å². The van der Waals surface area contributed by atoms with E-state index in [2.05, 4.69) is 76.6 Å². The lowest BCUT2D eigenvalue weighted by atomic mass is 10.2. The van der Waals surface area contributed by atoms with Gasteiger partial charge in [-0.15, -0.1) is 0 Å². The van der Waals surface area contributed by atoms with E-state index < -0.39 is 0 Å². The van der Waals surface area contributed by atoms with Crippen LogP contribution in [0, 0.1) is 20.6 Å². The Morgan fingerprint density at radius 3 is 1.77 bits per heavy atom. The molecule has 0 fully saturated rings. The van der Waals surface area contributed by atoms with Crippen LogP contribution in [0.25, 0.3) is 0 Å². The molecule has 0 saturated carbocycles. The average Bonchev–Trinajstić information content (AvgIpc) is 2.58. The Labute approximate surface area is 152 Å². The fourth-order valence-electron chi connectivity index (χ4n) is 1.81. The maximum absolute atomic E-state index is 3.36. The van der Waals surface area contributed by atoms with Gasteiger partial charge in [0.15, 0.2) is 11.1 Å². The topological polar surface area (TPSA) is 0 Å². The van der Waals surface area contributed by atoms with Gasteiger partial charge in [-0.2, -0.15) is 0 Å². The minimum atomic E-state index is -0.221. The maximum atomic E-state index is 3.36. The Kier molecular flexibility index (Phi) is 5.91. The highest BCUT2D eigenvalue weighted by Crippen LogP contribution is 1.93. The quantitative estimate of drug-likeness (QED) is 0.286. The molecule has 3 rings (SSSR count). The minimum absolute atomic E-state index is 0.0582. The van der Waals surface area contributed by atoms with Crippen LogP contribution in [-0.2, 0) is 0 Å². The first-order valence-corrected chi connectivity index (χ1v) is 11.2. The van der Waals surface area contributed by atoms with Gasteiger partial charge in [0.05, 0.1) is 0 Å². The molecule has 106 valence electrons. The van der Waals surface area contributed by atoms with Gasteiger partial charge < -0.3 is 0 Å². The van der Waals surface area contributed by atoms with Crippen molar-refractivity contribution < 1.29 is 42.4 Å². The molecule has 3 aromatic carbocycles. The molecule has 0 saturated heterocycles. The van der Waals surface area contributed by atoms with Crippen molar-refractivity contribution in [2.45, 2.75) is 0 Å². The molecule has 0 N–H and O–H groups in total. The Bertz CT molecular complexity index is 767. The predicted octanol–water partition coefficient (Wildman–Crippen LogP) is -1.92. The predicted molar refractivity (Wildman–Crippen MR) is 82.3 cm³/mol. The summed E-state index contributed by atoms with van der Waals surface area (Å²) < 4.78 is 7.68. The number of benzene rings is 3. The highest BCUT2D eigenvalue weighted by molar-refractivity contribution is 5.31. The highest BCUT2D eigenvalue weighted by Gasteiger charge is 2.17. The number of halogens is 2. The van der Waals surface area contributed by atoms with Gasteiger partial charge in [-0.3, -0.25) is 0 Å². The van der Waals surface area contributed by atoms with Crippen LogP contribution in [0.4, 0.5) is 0 Å². The van der Waals surface area contributed by atoms with Gasteiger partial charge in [-0.25, -0.2) is 0 Å². The van der Waals surface area contributed by atoms with Crippen molar-refractivity contribution in [2.24, 2.45) is 0 Å². The summed E-state index contributed by atoms with van der Waals surface area (Å²) in [5.41, 5.74) is 1.11. The second kappa shape index (κ2) is 8.35. The van der Waals surface area contributed by atoms with Crippen LogP contribution >= 0.6 is 0 Å². The first-order valence-electron chi connectivity index (χ1n) is 6.90. The van der Waals surface area contributed by atoms with Crippen molar-refractivity contribution in [2.75, 3.05) is 0 Å². The summed E-state index contributed by atoms with van der Waals surface area (Å²) >= 11 is -0.279. The maximum Gasteiger partial charge on any atom is 0.420 e. The zero-order valence-corrected chi connectivity index (χ0v) is 16.2. The summed E-state index contributed by atoms with van der Waals surface area (Å²) in [5, 5.41) is 0. The Morgan fingerprint density at radius 1 is 0.545 bits per heavy atom. The number of rotatable bonds is 3. The van der Waals surface area contributed by atoms with Crippen molar-refractivity contribution in [3.63, 3.8) is 0 Å². The van der Waals surface area contributed by atoms with E-state index in [4.69, 9.17) is 0 Å². The smallest absolute Gasteiger partial charge is 0.0622 e. The van der Waals surface area contributed by atoms with E-state index in [9.17, 15) is 0 Å². The minimum Gasteiger partial charge on any atom is -0.0622 e. The Morgan fingerprint density at radius 2 is 1.09 bits per heavy atom. The third kappa shape index (κ3) is 4.85. The Hall–Kier alpha value is -1.32. The van der Waals surface area contributed by atoms with Gasteiger partial charge in [0.2, 0.25) is 3.57 Å². The van der Waals surface area contributed by atoms with Gasteiger partial charge in [-0.05, 0) is 54.5 Å². The summed E-state index contributed by atoms with van der Waals surface area (Å²) in [6.45, 7) is 0. The average molecular weight is 508 g/mol. The molecule has 0 aliphatic rings. The van der Waals surface area contributed by atoms with Crippen LogP contribution in [0.1, 0.15) is 5.56 Å². The molecule has 0 bridgehead atoms. The van der Waals surface area contributed by atoms with Crippen molar-refractivity contribution in [3.05, 3.63) is 101 Å². The molecular weight excluding hydrogens is 494 g/mol. The second-order valence-corrected chi connectivity index (χ2v) is 9.86. The van der Waals surface area contributed by atoms with E-state index in [1.165, 1.54) is 10.7 Å². The molecule has 0 radical (unpaired) electrons. The van der Waals surface area contributed by atoms with E-state index in [0.29, 0.717) is 0 Å². The van der Waals surface area contributed by atoms with Crippen molar-refractivity contribution in [1.82, 2.24) is 0 Å². The van der Waals surface area contributed by atoms with Gasteiger partial charge in [-0.1, -0.05) is 36.4 Å². The molecule has 0 spiro atoms. The Balaban J connectivity index is 1.61. The number of hydrogen-bond donors (Lipinski definition) is 0. The summed E-state index contributed by atoms with van der Waals surface area (Å²) in [6, 6.07) is 30.0. The molecule has 0 nitrogen and oxygen atoms in total. The molecule has 0 aliphatic heterocycles. The first kappa shape index (κ1) is 15.6. The normalized spacial score (nSPS) is 9.82. The number of hydrogen-bond acceptors (Lipinski definition) is 0. The molecule has 0 unspecified atom stereocenters. The SMILES string of the molecule is C(#Cc1ccccc1)[I+]c1ccc([I+]c2ccccc2)cc1. The lowest BCUT2D eigenvalue weighted by molar-refractivity contribution is -0.598. The second-order valence-electron chi connectivity index (χ2n) is 4.51. The third-order valence-electron chi connectivity index (χ3n) is 2.88. The van der Waals surface area contributed by atoms with E-state index in [-0.39, 0.29) is 42.4 Å². The van der Waals surface area contributed by atoms with Crippen LogP contribution in [-0.4, -0.2) is 0 Å². The fraction of sp³-hybridized carbons (Fsp3) is 0. The largest absolute Gasteiger partial charge is 0.420 e. The lowest BCUT2D eigenvalue weighted by Gasteiger charge is -1.85. The van der Waals surface area contributed by atoms with Crippen molar-refractivity contribution in [3.8, 4) is 9.85 Å². The van der Waals surface area contributed by atoms with Crippen molar-refractivity contribution in [1.29, 1.82) is 0 Å². The van der Waals surface area contributed by atoms with Crippen LogP contribution in [0.2, 0.25) is 0 Å². The molecule has 0 amide bonds. The molecule has 0 aliphatic carbocycles. The highest BCUT2D eigenvalue weighted by atomic mass is 127. The zero-order valence-electron chi connectivity index (χ0n) is 11.8. The molecule has 0 aromatic heterocycles. The monoisotopic (exact) mass is 508 g/mol.